The Hall–Kier alpha value is -7.02. The second-order valence-electron chi connectivity index (χ2n) is 18.4. The number of rotatable bonds is 14. The van der Waals surface area contributed by atoms with Gasteiger partial charge < -0.3 is 58.1 Å². The molecule has 73 heavy (non-hydrogen) atoms. The fourth-order valence-electron chi connectivity index (χ4n) is 12.3. The van der Waals surface area contributed by atoms with E-state index in [1.165, 1.54) is 37.7 Å². The predicted octanol–water partition coefficient (Wildman–Crippen LogP) is 8.58. The number of oxime groups is 1. The predicted molar refractivity (Wildman–Crippen MR) is 273 cm³/mol. The normalized spacial score (nSPS) is 27.5. The summed E-state index contributed by atoms with van der Waals surface area (Å²) >= 11 is 2.82. The molecule has 0 unspecified atom stereocenters. The summed E-state index contributed by atoms with van der Waals surface area (Å²) in [6.45, 7) is 0.149. The van der Waals surface area contributed by atoms with Gasteiger partial charge in [0, 0.05) is 47.1 Å². The third-order valence-electron chi connectivity index (χ3n) is 15.3. The molecule has 0 saturated heterocycles. The Kier molecular flexibility index (Phi) is 11.1. The lowest BCUT2D eigenvalue weighted by Crippen LogP contribution is -2.58. The molecule has 2 aliphatic carbocycles. The third-order valence-corrected chi connectivity index (χ3v) is 17.0. The van der Waals surface area contributed by atoms with Gasteiger partial charge in [0.05, 0.1) is 70.8 Å². The molecule has 5 aliphatic rings. The molecule has 0 bridgehead atoms. The number of thioether (sulfide) groups is 2. The zero-order valence-corrected chi connectivity index (χ0v) is 42.2. The van der Waals surface area contributed by atoms with Crippen LogP contribution in [0.2, 0.25) is 0 Å². The molecule has 3 aliphatic heterocycles. The summed E-state index contributed by atoms with van der Waals surface area (Å²) in [6.07, 6.45) is 1.96. The first kappa shape index (κ1) is 47.0. The molecule has 15 nitrogen and oxygen atoms in total. The number of hydrogen-bond acceptors (Lipinski definition) is 16. The van der Waals surface area contributed by atoms with E-state index in [1.54, 1.807) is 57.7 Å². The van der Waals surface area contributed by atoms with E-state index >= 15 is 0 Å². The zero-order valence-electron chi connectivity index (χ0n) is 40.6. The number of ether oxygens (including phenoxy) is 8. The molecule has 1 saturated carbocycles. The monoisotopic (exact) mass is 1020 g/mol. The summed E-state index contributed by atoms with van der Waals surface area (Å²) < 4.78 is 49.8. The molecule has 1 aromatic heterocycles. The Morgan fingerprint density at radius 2 is 1.18 bits per heavy atom. The lowest BCUT2D eigenvalue weighted by Gasteiger charge is -2.42. The first-order valence-electron chi connectivity index (χ1n) is 23.6. The maximum absolute atomic E-state index is 13.7. The van der Waals surface area contributed by atoms with Gasteiger partial charge in [0.2, 0.25) is 5.60 Å². The number of benzene rings is 6. The van der Waals surface area contributed by atoms with Crippen LogP contribution in [0.4, 0.5) is 0 Å². The molecule has 4 N–H and O–H groups in total. The van der Waals surface area contributed by atoms with Gasteiger partial charge in [0.1, 0.15) is 56.1 Å². The summed E-state index contributed by atoms with van der Waals surface area (Å²) in [7, 11) is 7.76. The molecular formula is C56H51N3O12S2. The fourth-order valence-corrected chi connectivity index (χ4v) is 13.9. The van der Waals surface area contributed by atoms with Gasteiger partial charge in [-0.15, -0.1) is 23.5 Å². The van der Waals surface area contributed by atoms with Crippen molar-refractivity contribution in [3.63, 3.8) is 0 Å². The number of fused-ring (bicyclic) bond motifs is 10. The average Bonchev–Trinajstić information content (AvgIpc) is 4.27. The quantitative estimate of drug-likeness (QED) is 0.0600. The van der Waals surface area contributed by atoms with Crippen LogP contribution in [0.1, 0.15) is 56.5 Å². The largest absolute Gasteiger partial charge is 0.497 e. The van der Waals surface area contributed by atoms with Crippen LogP contribution in [0.25, 0.3) is 0 Å². The van der Waals surface area contributed by atoms with Gasteiger partial charge in [-0.1, -0.05) is 90.1 Å². The van der Waals surface area contributed by atoms with Gasteiger partial charge >= 0.3 is 0 Å². The van der Waals surface area contributed by atoms with Crippen LogP contribution in [-0.4, -0.2) is 90.5 Å². The van der Waals surface area contributed by atoms with Crippen molar-refractivity contribution in [1.29, 1.82) is 0 Å². The van der Waals surface area contributed by atoms with E-state index in [0.717, 1.165) is 21.7 Å². The first-order valence-corrected chi connectivity index (χ1v) is 25.8. The van der Waals surface area contributed by atoms with Crippen LogP contribution in [0, 0.1) is 5.92 Å². The van der Waals surface area contributed by atoms with Crippen molar-refractivity contribution in [2.45, 2.75) is 45.1 Å². The van der Waals surface area contributed by atoms with E-state index < -0.39 is 45.9 Å². The Balaban J connectivity index is 0.898. The van der Waals surface area contributed by atoms with Crippen molar-refractivity contribution >= 4 is 28.6 Å². The van der Waals surface area contributed by atoms with Gasteiger partial charge in [-0.05, 0) is 47.2 Å². The van der Waals surface area contributed by atoms with E-state index in [-0.39, 0.29) is 23.7 Å². The SMILES string of the molecule is COc1ccc([C@@]23Oc4cc(OCCSC5=NO[C@]6(O)[C@H]5[C@@H](c5ccccc5)[C@]5(c7ccc(OC)cc7)Oc7cc(OC)cc(OC)c7[C@]65O)cc(OC)c4[C@]2(O)c2[nH]nc(SC)c2[C@H]3c2ccccc2)cc1. The van der Waals surface area contributed by atoms with Crippen LogP contribution in [0.5, 0.6) is 46.0 Å². The standard InChI is InChI=1S/C56H51N3O12S2/c1-63-35-21-17-33(18-22-35)53-44(31-13-9-7-10-14-31)43-49(57-58-50(43)72-6)52(53,60)46-39(66-4)29-38(30-41(46)69-53)68-25-26-73-51-48-45(32-15-11-8-12-16-32)54(34-19-23-36(64-2)24-20-34)55(61,56(48,62)71-59-51)47-40(67-5)27-37(65-3)28-42(47)70-54/h7-24,27-30,44-45,48,60-62H,25-26H2,1-6H3,(H,57,58)/t44-,45-,48+,52+,53+,54+,55-,56-/m1/s1. The molecule has 374 valence electrons. The minimum Gasteiger partial charge on any atom is -0.497 e. The van der Waals surface area contributed by atoms with E-state index in [1.807, 2.05) is 103 Å². The molecule has 8 atom stereocenters. The van der Waals surface area contributed by atoms with Gasteiger partial charge in [-0.3, -0.25) is 5.10 Å². The number of aliphatic hydroxyl groups is 3. The molecule has 0 spiro atoms. The molecule has 0 radical (unpaired) electrons. The van der Waals surface area contributed by atoms with E-state index in [2.05, 4.69) is 10.3 Å². The summed E-state index contributed by atoms with van der Waals surface area (Å²) in [5.74, 6) is -1.01. The molecule has 7 aromatic rings. The average molecular weight is 1020 g/mol. The molecule has 0 amide bonds. The highest BCUT2D eigenvalue weighted by Crippen LogP contribution is 2.76. The van der Waals surface area contributed by atoms with Crippen molar-refractivity contribution < 1.29 is 58.1 Å². The number of nitrogens with zero attached hydrogens (tertiary/aromatic N) is 2. The van der Waals surface area contributed by atoms with E-state index in [0.29, 0.717) is 67.7 Å². The summed E-state index contributed by atoms with van der Waals surface area (Å²) in [6, 6.07) is 41.3. The first-order chi connectivity index (χ1) is 35.5. The van der Waals surface area contributed by atoms with Crippen LogP contribution in [0.3, 0.4) is 0 Å². The van der Waals surface area contributed by atoms with Gasteiger partial charge in [0.15, 0.2) is 16.8 Å². The number of aromatic amines is 1. The second kappa shape index (κ2) is 17.3. The second-order valence-corrected chi connectivity index (χ2v) is 20.3. The van der Waals surface area contributed by atoms with Crippen LogP contribution in [0.15, 0.2) is 144 Å². The molecule has 17 heteroatoms. The van der Waals surface area contributed by atoms with Crippen LogP contribution in [-0.2, 0) is 27.2 Å². The zero-order chi connectivity index (χ0) is 50.5. The maximum atomic E-state index is 13.7. The Morgan fingerprint density at radius 1 is 0.616 bits per heavy atom. The maximum Gasteiger partial charge on any atom is 0.282 e. The fraction of sp³-hybridized carbons (Fsp3) is 0.286. The van der Waals surface area contributed by atoms with Crippen LogP contribution < -0.4 is 37.9 Å². The highest BCUT2D eigenvalue weighted by molar-refractivity contribution is 8.14. The van der Waals surface area contributed by atoms with Crippen molar-refractivity contribution in [3.05, 3.63) is 178 Å². The number of nitrogens with one attached hydrogen (secondary N) is 1. The summed E-state index contributed by atoms with van der Waals surface area (Å²) in [5, 5.41) is 54.3. The Morgan fingerprint density at radius 3 is 1.79 bits per heavy atom. The molecule has 4 heterocycles. The highest BCUT2D eigenvalue weighted by Gasteiger charge is 2.87. The number of aromatic nitrogens is 2. The summed E-state index contributed by atoms with van der Waals surface area (Å²) in [5.41, 5.74) is -2.32. The third kappa shape index (κ3) is 6.19. The van der Waals surface area contributed by atoms with Crippen molar-refractivity contribution in [1.82, 2.24) is 10.2 Å². The van der Waals surface area contributed by atoms with Gasteiger partial charge in [0.25, 0.3) is 5.79 Å². The summed E-state index contributed by atoms with van der Waals surface area (Å²) in [4.78, 5) is 6.19. The Labute approximate surface area is 429 Å². The minimum absolute atomic E-state index is 0.149. The van der Waals surface area contributed by atoms with E-state index in [4.69, 9.17) is 47.8 Å². The topological polar surface area (TPSA) is 185 Å². The van der Waals surface area contributed by atoms with Crippen LogP contribution >= 0.6 is 23.5 Å². The molecular weight excluding hydrogens is 971 g/mol. The molecule has 1 fully saturated rings. The smallest absolute Gasteiger partial charge is 0.282 e. The Bertz CT molecular complexity index is 3290. The van der Waals surface area contributed by atoms with Crippen molar-refractivity contribution in [2.75, 3.05) is 54.2 Å². The number of methoxy groups -OCH3 is 5. The van der Waals surface area contributed by atoms with Crippen molar-refractivity contribution in [3.8, 4) is 46.0 Å². The lowest BCUT2D eigenvalue weighted by molar-refractivity contribution is -0.312. The highest BCUT2D eigenvalue weighted by atomic mass is 32.2. The van der Waals surface area contributed by atoms with Crippen molar-refractivity contribution in [2.24, 2.45) is 11.1 Å². The number of H-pyrrole nitrogens is 1. The minimum atomic E-state index is -2.38. The lowest BCUT2D eigenvalue weighted by atomic mass is 9.70. The molecule has 6 aromatic carbocycles. The van der Waals surface area contributed by atoms with E-state index in [9.17, 15) is 15.3 Å². The number of hydrogen-bond donors (Lipinski definition) is 4. The van der Waals surface area contributed by atoms with Gasteiger partial charge in [-0.25, -0.2) is 0 Å². The van der Waals surface area contributed by atoms with Gasteiger partial charge in [-0.2, -0.15) is 5.10 Å². The molecule has 12 rings (SSSR count).